The molecule has 21 heavy (non-hydrogen) atoms. The van der Waals surface area contributed by atoms with E-state index in [1.54, 1.807) is 4.90 Å². The molecule has 1 aromatic carbocycles. The van der Waals surface area contributed by atoms with Gasteiger partial charge in [-0.3, -0.25) is 9.59 Å². The predicted molar refractivity (Wildman–Crippen MR) is 83.8 cm³/mol. The molecule has 1 aromatic rings. The number of hydrogen-bond acceptors (Lipinski definition) is 3. The summed E-state index contributed by atoms with van der Waals surface area (Å²) in [7, 11) is 0. The first kappa shape index (κ1) is 17.5. The molecule has 1 atom stereocenters. The summed E-state index contributed by atoms with van der Waals surface area (Å²) in [5.41, 5.74) is 7.59. The minimum Gasteiger partial charge on any atom is -0.480 e. The summed E-state index contributed by atoms with van der Waals surface area (Å²) in [6, 6.07) is 6.93. The minimum absolute atomic E-state index is 0. The van der Waals surface area contributed by atoms with Gasteiger partial charge in [-0.25, -0.2) is 0 Å². The van der Waals surface area contributed by atoms with Crippen LogP contribution in [0.15, 0.2) is 24.3 Å². The maximum absolute atomic E-state index is 12.3. The molecule has 1 heterocycles. The number of anilines is 1. The molecule has 0 saturated carbocycles. The van der Waals surface area contributed by atoms with Gasteiger partial charge in [0.2, 0.25) is 5.91 Å². The summed E-state index contributed by atoms with van der Waals surface area (Å²) < 4.78 is 0. The smallest absolute Gasteiger partial charge is 0.320 e. The number of nitrogens with zero attached hydrogens (tertiary/aromatic N) is 1. The van der Waals surface area contributed by atoms with Crippen LogP contribution in [-0.2, 0) is 16.0 Å². The summed E-state index contributed by atoms with van der Waals surface area (Å²) in [5, 5.41) is 8.76. The molecule has 2 rings (SSSR count). The molecule has 116 valence electrons. The number of carboxylic acid groups (broad SMARTS) is 1. The molecule has 0 aromatic heterocycles. The topological polar surface area (TPSA) is 83.6 Å². The number of amides is 1. The molecular formula is C15H21ClN2O3. The molecule has 1 aliphatic heterocycles. The van der Waals surface area contributed by atoms with Crippen LogP contribution in [0.25, 0.3) is 0 Å². The Morgan fingerprint density at radius 1 is 1.29 bits per heavy atom. The fraction of sp³-hybridized carbons (Fsp3) is 0.467. The van der Waals surface area contributed by atoms with Crippen LogP contribution >= 0.6 is 12.4 Å². The summed E-state index contributed by atoms with van der Waals surface area (Å²) in [6.07, 6.45) is 3.35. The molecule has 3 N–H and O–H groups in total. The summed E-state index contributed by atoms with van der Waals surface area (Å²) in [6.45, 7) is 0.693. The van der Waals surface area contributed by atoms with Crippen molar-refractivity contribution in [2.75, 3.05) is 11.4 Å². The third-order valence-electron chi connectivity index (χ3n) is 3.65. The number of carbonyl (C=O) groups is 2. The summed E-state index contributed by atoms with van der Waals surface area (Å²) in [5.74, 6) is -1.11. The molecule has 0 aliphatic carbocycles. The van der Waals surface area contributed by atoms with Crippen LogP contribution in [0.5, 0.6) is 0 Å². The van der Waals surface area contributed by atoms with Gasteiger partial charge in [-0.1, -0.05) is 18.2 Å². The van der Waals surface area contributed by atoms with Gasteiger partial charge in [-0.15, -0.1) is 12.4 Å². The van der Waals surface area contributed by atoms with E-state index < -0.39 is 12.0 Å². The van der Waals surface area contributed by atoms with Crippen LogP contribution in [0.1, 0.15) is 31.2 Å². The van der Waals surface area contributed by atoms with Gasteiger partial charge in [0.15, 0.2) is 0 Å². The maximum atomic E-state index is 12.3. The van der Waals surface area contributed by atoms with Crippen molar-refractivity contribution in [1.29, 1.82) is 0 Å². The number of fused-ring (bicyclic) bond motifs is 1. The number of carbonyl (C=O) groups excluding carboxylic acids is 1. The van der Waals surface area contributed by atoms with Crippen LogP contribution in [0.4, 0.5) is 5.69 Å². The van der Waals surface area contributed by atoms with Crippen molar-refractivity contribution in [3.05, 3.63) is 29.8 Å². The monoisotopic (exact) mass is 312 g/mol. The van der Waals surface area contributed by atoms with Gasteiger partial charge in [0, 0.05) is 18.7 Å². The van der Waals surface area contributed by atoms with Crippen molar-refractivity contribution in [2.45, 2.75) is 38.1 Å². The fourth-order valence-corrected chi connectivity index (χ4v) is 2.49. The van der Waals surface area contributed by atoms with E-state index in [1.807, 2.05) is 24.3 Å². The zero-order valence-corrected chi connectivity index (χ0v) is 12.6. The summed E-state index contributed by atoms with van der Waals surface area (Å²) >= 11 is 0. The lowest BCUT2D eigenvalue weighted by Crippen LogP contribution is -2.35. The Bertz CT molecular complexity index is 507. The standard InChI is InChI=1S/C15H20N2O3.ClH/c16-12(15(19)20)8-9-14(18)17-10-4-3-6-11-5-1-2-7-13(11)17;/h1-2,5,7,12H,3-4,6,8-10,16H2,(H,19,20);1H/t12-;/m0./s1. The number of aryl methyl sites for hydroxylation is 1. The maximum Gasteiger partial charge on any atom is 0.320 e. The highest BCUT2D eigenvalue weighted by Gasteiger charge is 2.22. The number of para-hydroxylation sites is 1. The Balaban J connectivity index is 0.00000220. The van der Waals surface area contributed by atoms with Gasteiger partial charge >= 0.3 is 5.97 Å². The first-order valence-electron chi connectivity index (χ1n) is 6.96. The lowest BCUT2D eigenvalue weighted by Gasteiger charge is -2.23. The first-order chi connectivity index (χ1) is 9.59. The average molecular weight is 313 g/mol. The highest BCUT2D eigenvalue weighted by Crippen LogP contribution is 2.26. The van der Waals surface area contributed by atoms with Crippen LogP contribution < -0.4 is 10.6 Å². The third kappa shape index (κ3) is 4.44. The molecule has 0 saturated heterocycles. The van der Waals surface area contributed by atoms with E-state index in [2.05, 4.69) is 0 Å². The van der Waals surface area contributed by atoms with E-state index in [0.717, 1.165) is 24.9 Å². The predicted octanol–water partition coefficient (Wildman–Crippen LogP) is 1.97. The van der Waals surface area contributed by atoms with Crippen molar-refractivity contribution in [1.82, 2.24) is 0 Å². The van der Waals surface area contributed by atoms with Gasteiger partial charge < -0.3 is 15.7 Å². The zero-order chi connectivity index (χ0) is 14.5. The van der Waals surface area contributed by atoms with Crippen LogP contribution in [-0.4, -0.2) is 29.6 Å². The number of aliphatic carboxylic acids is 1. The summed E-state index contributed by atoms with van der Waals surface area (Å²) in [4.78, 5) is 24.8. The highest BCUT2D eigenvalue weighted by atomic mass is 35.5. The van der Waals surface area contributed by atoms with E-state index in [4.69, 9.17) is 10.8 Å². The molecule has 0 spiro atoms. The van der Waals surface area contributed by atoms with E-state index in [-0.39, 0.29) is 31.2 Å². The Labute approximate surface area is 130 Å². The van der Waals surface area contributed by atoms with E-state index in [1.165, 1.54) is 5.56 Å². The largest absolute Gasteiger partial charge is 0.480 e. The van der Waals surface area contributed by atoms with Crippen LogP contribution in [0.3, 0.4) is 0 Å². The van der Waals surface area contributed by atoms with Crippen molar-refractivity contribution >= 4 is 30.0 Å². The van der Waals surface area contributed by atoms with Gasteiger partial charge in [-0.2, -0.15) is 0 Å². The van der Waals surface area contributed by atoms with Crippen molar-refractivity contribution in [3.63, 3.8) is 0 Å². The molecule has 0 radical (unpaired) electrons. The minimum atomic E-state index is -1.06. The van der Waals surface area contributed by atoms with Gasteiger partial charge in [0.05, 0.1) is 0 Å². The normalized spacial score (nSPS) is 15.4. The fourth-order valence-electron chi connectivity index (χ4n) is 2.49. The molecule has 6 heteroatoms. The molecule has 0 bridgehead atoms. The number of benzene rings is 1. The van der Waals surface area contributed by atoms with Gasteiger partial charge in [0.25, 0.3) is 0 Å². The second-order valence-electron chi connectivity index (χ2n) is 5.11. The molecule has 1 amide bonds. The van der Waals surface area contributed by atoms with Crippen LogP contribution in [0, 0.1) is 0 Å². The second kappa shape index (κ2) is 8.00. The highest BCUT2D eigenvalue weighted by molar-refractivity contribution is 5.94. The number of nitrogens with two attached hydrogens (primary N) is 1. The van der Waals surface area contributed by atoms with E-state index in [9.17, 15) is 9.59 Å². The number of hydrogen-bond donors (Lipinski definition) is 2. The molecule has 1 aliphatic rings. The molecule has 0 fully saturated rings. The van der Waals surface area contributed by atoms with Crippen LogP contribution in [0.2, 0.25) is 0 Å². The van der Waals surface area contributed by atoms with E-state index >= 15 is 0 Å². The number of carboxylic acids is 1. The Kier molecular flexibility index (Phi) is 6.65. The third-order valence-corrected chi connectivity index (χ3v) is 3.65. The number of halogens is 1. The first-order valence-corrected chi connectivity index (χ1v) is 6.96. The van der Waals surface area contributed by atoms with Crippen molar-refractivity contribution in [2.24, 2.45) is 5.73 Å². The Morgan fingerprint density at radius 3 is 2.71 bits per heavy atom. The van der Waals surface area contributed by atoms with Gasteiger partial charge in [-0.05, 0) is 37.3 Å². The zero-order valence-electron chi connectivity index (χ0n) is 11.8. The van der Waals surface area contributed by atoms with Gasteiger partial charge in [0.1, 0.15) is 6.04 Å². The average Bonchev–Trinajstić information content (AvgIpc) is 2.66. The second-order valence-corrected chi connectivity index (χ2v) is 5.11. The molecule has 0 unspecified atom stereocenters. The van der Waals surface area contributed by atoms with E-state index in [0.29, 0.717) is 6.54 Å². The lowest BCUT2D eigenvalue weighted by atomic mass is 10.1. The lowest BCUT2D eigenvalue weighted by molar-refractivity contribution is -0.138. The quantitative estimate of drug-likeness (QED) is 0.890. The SMILES string of the molecule is Cl.N[C@@H](CCC(=O)N1CCCCc2ccccc21)C(=O)O. The Hall–Kier alpha value is -1.59. The Morgan fingerprint density at radius 2 is 2.00 bits per heavy atom. The number of rotatable bonds is 4. The van der Waals surface area contributed by atoms with Crippen molar-refractivity contribution < 1.29 is 14.7 Å². The molecular weight excluding hydrogens is 292 g/mol. The van der Waals surface area contributed by atoms with Crippen molar-refractivity contribution in [3.8, 4) is 0 Å². The molecule has 5 nitrogen and oxygen atoms in total.